The summed E-state index contributed by atoms with van der Waals surface area (Å²) in [6, 6.07) is 6.38. The van der Waals surface area contributed by atoms with Gasteiger partial charge in [-0.3, -0.25) is 0 Å². The smallest absolute Gasteiger partial charge is 0.281 e. The first-order valence-electron chi connectivity index (χ1n) is 10.4. The molecule has 4 rings (SSSR count). The topological polar surface area (TPSA) is 69.6 Å². The van der Waals surface area contributed by atoms with Gasteiger partial charge in [-0.15, -0.1) is 0 Å². The predicted octanol–water partition coefficient (Wildman–Crippen LogP) is 2.87. The molecule has 2 fully saturated rings. The van der Waals surface area contributed by atoms with E-state index >= 15 is 0 Å². The first kappa shape index (κ1) is 21.1. The third-order valence-electron chi connectivity index (χ3n) is 5.83. The lowest BCUT2D eigenvalue weighted by atomic mass is 9.91. The first-order valence-corrected chi connectivity index (χ1v) is 11.8. The molecule has 0 aliphatic carbocycles. The highest BCUT2D eigenvalue weighted by Crippen LogP contribution is 2.35. The van der Waals surface area contributed by atoms with Crippen LogP contribution in [0.1, 0.15) is 37.3 Å². The molecule has 2 aliphatic heterocycles. The molecule has 1 aromatic carbocycles. The van der Waals surface area contributed by atoms with Crippen LogP contribution in [0.4, 0.5) is 10.3 Å². The van der Waals surface area contributed by atoms with Gasteiger partial charge in [0.2, 0.25) is 5.95 Å². The summed E-state index contributed by atoms with van der Waals surface area (Å²) in [6.45, 7) is 2.09. The molecule has 2 saturated heterocycles. The number of piperidine rings is 1. The summed E-state index contributed by atoms with van der Waals surface area (Å²) in [6.07, 6.45) is 5.15. The van der Waals surface area contributed by atoms with Crippen LogP contribution in [0.5, 0.6) is 0 Å². The number of benzene rings is 1. The highest BCUT2D eigenvalue weighted by atomic mass is 32.2. The van der Waals surface area contributed by atoms with Gasteiger partial charge >= 0.3 is 0 Å². The lowest BCUT2D eigenvalue weighted by Crippen LogP contribution is -2.46. The number of hydrogen-bond donors (Lipinski definition) is 0. The normalized spacial score (nSPS) is 21.1. The zero-order chi connectivity index (χ0) is 21.3. The van der Waals surface area contributed by atoms with E-state index in [0.29, 0.717) is 37.7 Å². The first-order chi connectivity index (χ1) is 14.4. The third kappa shape index (κ3) is 4.19. The van der Waals surface area contributed by atoms with Gasteiger partial charge in [-0.05, 0) is 43.4 Å². The number of halogens is 1. The molecular weight excluding hydrogens is 405 g/mol. The van der Waals surface area contributed by atoms with Crippen LogP contribution in [0.25, 0.3) is 11.1 Å². The van der Waals surface area contributed by atoms with Crippen molar-refractivity contribution in [1.29, 1.82) is 0 Å². The van der Waals surface area contributed by atoms with Crippen molar-refractivity contribution in [3.8, 4) is 11.1 Å². The molecule has 162 valence electrons. The zero-order valence-electron chi connectivity index (χ0n) is 17.5. The summed E-state index contributed by atoms with van der Waals surface area (Å²) >= 11 is 0. The minimum Gasteiger partial charge on any atom is -0.347 e. The molecule has 0 spiro atoms. The van der Waals surface area contributed by atoms with Crippen LogP contribution >= 0.6 is 0 Å². The molecule has 30 heavy (non-hydrogen) atoms. The van der Waals surface area contributed by atoms with Crippen molar-refractivity contribution in [2.24, 2.45) is 0 Å². The minimum atomic E-state index is -3.46. The fraction of sp³-hybridized carbons (Fsp3) is 0.524. The average molecular weight is 434 g/mol. The second kappa shape index (κ2) is 8.56. The summed E-state index contributed by atoms with van der Waals surface area (Å²) in [5.74, 6) is 0.165. The van der Waals surface area contributed by atoms with E-state index in [1.165, 1.54) is 12.1 Å². The second-order valence-electron chi connectivity index (χ2n) is 8.18. The molecular formula is C21H28FN5O2S. The van der Waals surface area contributed by atoms with Gasteiger partial charge in [0.05, 0.1) is 5.69 Å². The maximum absolute atomic E-state index is 13.9. The average Bonchev–Trinajstić information content (AvgIpc) is 3.29. The number of nitrogens with zero attached hydrogens (tertiary/aromatic N) is 5. The zero-order valence-corrected chi connectivity index (χ0v) is 18.3. The van der Waals surface area contributed by atoms with Gasteiger partial charge in [-0.1, -0.05) is 12.1 Å². The molecule has 2 aromatic rings. The molecule has 1 aromatic heterocycles. The van der Waals surface area contributed by atoms with Crippen LogP contribution in [-0.2, 0) is 10.2 Å². The summed E-state index contributed by atoms with van der Waals surface area (Å²) in [4.78, 5) is 11.0. The van der Waals surface area contributed by atoms with E-state index in [0.717, 1.165) is 36.9 Å². The van der Waals surface area contributed by atoms with Crippen molar-refractivity contribution in [3.05, 3.63) is 42.0 Å². The van der Waals surface area contributed by atoms with Crippen molar-refractivity contribution < 1.29 is 12.8 Å². The Labute approximate surface area is 177 Å². The monoisotopic (exact) mass is 433 g/mol. The van der Waals surface area contributed by atoms with E-state index in [1.54, 1.807) is 20.9 Å². The Balaban J connectivity index is 1.70. The van der Waals surface area contributed by atoms with Crippen LogP contribution in [0.2, 0.25) is 0 Å². The highest BCUT2D eigenvalue weighted by molar-refractivity contribution is 7.86. The van der Waals surface area contributed by atoms with E-state index in [1.807, 2.05) is 25.1 Å². The standard InChI is InChI=1S/C21H28FN5O2S/c1-25(2)21-23-14-19(16-7-5-9-18(22)13-16)20(24-21)17-8-6-12-27(15-17)30(28,29)26-10-3-4-11-26/h5,7,9,13-14,17H,3-4,6,8,10-12,15H2,1-2H3/t17-/m1/s1. The Kier molecular flexibility index (Phi) is 6.04. The molecule has 0 bridgehead atoms. The van der Waals surface area contributed by atoms with Crippen molar-refractivity contribution in [2.45, 2.75) is 31.6 Å². The number of anilines is 1. The maximum atomic E-state index is 13.9. The Morgan fingerprint density at radius 3 is 2.53 bits per heavy atom. The van der Waals surface area contributed by atoms with Gasteiger partial charge in [0, 0.05) is 58.0 Å². The Bertz CT molecular complexity index is 1010. The lowest BCUT2D eigenvalue weighted by molar-refractivity contribution is 0.290. The summed E-state index contributed by atoms with van der Waals surface area (Å²) < 4.78 is 43.3. The molecule has 3 heterocycles. The van der Waals surface area contributed by atoms with Gasteiger partial charge in [0.15, 0.2) is 0 Å². The van der Waals surface area contributed by atoms with Crippen molar-refractivity contribution in [2.75, 3.05) is 45.2 Å². The van der Waals surface area contributed by atoms with Crippen LogP contribution in [-0.4, -0.2) is 67.3 Å². The van der Waals surface area contributed by atoms with Gasteiger partial charge in [-0.2, -0.15) is 17.0 Å². The fourth-order valence-corrected chi connectivity index (χ4v) is 6.02. The number of hydrogen-bond acceptors (Lipinski definition) is 5. The van der Waals surface area contributed by atoms with Crippen LogP contribution < -0.4 is 4.90 Å². The molecule has 7 nitrogen and oxygen atoms in total. The van der Waals surface area contributed by atoms with Crippen LogP contribution in [0.3, 0.4) is 0 Å². The molecule has 0 N–H and O–H groups in total. The molecule has 9 heteroatoms. The molecule has 0 unspecified atom stereocenters. The number of aromatic nitrogens is 2. The molecule has 0 amide bonds. The lowest BCUT2D eigenvalue weighted by Gasteiger charge is -2.34. The van der Waals surface area contributed by atoms with Crippen molar-refractivity contribution in [1.82, 2.24) is 18.6 Å². The van der Waals surface area contributed by atoms with Crippen molar-refractivity contribution in [3.63, 3.8) is 0 Å². The largest absolute Gasteiger partial charge is 0.347 e. The van der Waals surface area contributed by atoms with E-state index in [4.69, 9.17) is 4.98 Å². The Morgan fingerprint density at radius 1 is 1.10 bits per heavy atom. The van der Waals surface area contributed by atoms with Crippen LogP contribution in [0, 0.1) is 5.82 Å². The summed E-state index contributed by atoms with van der Waals surface area (Å²) in [7, 11) is 0.274. The Hall–Kier alpha value is -2.10. The van der Waals surface area contributed by atoms with E-state index in [-0.39, 0.29) is 11.7 Å². The third-order valence-corrected chi connectivity index (χ3v) is 7.83. The maximum Gasteiger partial charge on any atom is 0.281 e. The molecule has 2 aliphatic rings. The summed E-state index contributed by atoms with van der Waals surface area (Å²) in [5, 5.41) is 0. The van der Waals surface area contributed by atoms with E-state index < -0.39 is 10.2 Å². The quantitative estimate of drug-likeness (QED) is 0.725. The molecule has 0 saturated carbocycles. The summed E-state index contributed by atoms with van der Waals surface area (Å²) in [5.41, 5.74) is 2.24. The van der Waals surface area contributed by atoms with Gasteiger partial charge in [-0.25, -0.2) is 14.4 Å². The predicted molar refractivity (Wildman–Crippen MR) is 115 cm³/mol. The second-order valence-corrected chi connectivity index (χ2v) is 10.1. The molecule has 1 atom stereocenters. The van der Waals surface area contributed by atoms with E-state index in [2.05, 4.69) is 4.98 Å². The SMILES string of the molecule is CN(C)c1ncc(-c2cccc(F)c2)c([C@@H]2CCCN(S(=O)(=O)N3CCCC3)C2)n1. The minimum absolute atomic E-state index is 0.0731. The van der Waals surface area contributed by atoms with Gasteiger partial charge in [0.25, 0.3) is 10.2 Å². The van der Waals surface area contributed by atoms with Gasteiger partial charge in [0.1, 0.15) is 5.82 Å². The van der Waals surface area contributed by atoms with E-state index in [9.17, 15) is 12.8 Å². The van der Waals surface area contributed by atoms with Crippen LogP contribution in [0.15, 0.2) is 30.5 Å². The molecule has 0 radical (unpaired) electrons. The number of rotatable bonds is 5. The fourth-order valence-electron chi connectivity index (χ4n) is 4.25. The van der Waals surface area contributed by atoms with Gasteiger partial charge < -0.3 is 4.90 Å². The highest BCUT2D eigenvalue weighted by Gasteiger charge is 2.36. The Morgan fingerprint density at radius 2 is 1.83 bits per heavy atom. The van der Waals surface area contributed by atoms with Crippen molar-refractivity contribution >= 4 is 16.2 Å².